The Bertz CT molecular complexity index is 582. The average Bonchev–Trinajstić information content (AvgIpc) is 2.67. The van der Waals surface area contributed by atoms with Gasteiger partial charge in [0.2, 0.25) is 0 Å². The molecule has 0 spiro atoms. The molecule has 1 aromatic heterocycles. The number of nitrogens with one attached hydrogen (secondary N) is 1. The molecule has 0 radical (unpaired) electrons. The van der Waals surface area contributed by atoms with Crippen molar-refractivity contribution in [2.24, 2.45) is 0 Å². The van der Waals surface area contributed by atoms with Crippen LogP contribution in [-0.4, -0.2) is 51.0 Å². The number of hydrogen-bond donors (Lipinski definition) is 2. The van der Waals surface area contributed by atoms with Gasteiger partial charge in [-0.3, -0.25) is 4.79 Å². The maximum Gasteiger partial charge on any atom is 0.265 e. The molecule has 0 aliphatic heterocycles. The number of nitrogens with zero attached hydrogens (tertiary/aromatic N) is 2. The Labute approximate surface area is 123 Å². The van der Waals surface area contributed by atoms with Crippen molar-refractivity contribution in [3.8, 4) is 0 Å². The molecule has 1 unspecified atom stereocenters. The maximum atomic E-state index is 12.1. The topological polar surface area (TPSA) is 105 Å². The quantitative estimate of drug-likeness (QED) is 0.783. The van der Waals surface area contributed by atoms with Crippen LogP contribution in [0.5, 0.6) is 0 Å². The van der Waals surface area contributed by atoms with Crippen molar-refractivity contribution >= 4 is 38.0 Å². The summed E-state index contributed by atoms with van der Waals surface area (Å²) in [4.78, 5) is 18.4. The molecule has 0 bridgehead atoms. The highest BCUT2D eigenvalue weighted by atomic mass is 32.2. The van der Waals surface area contributed by atoms with E-state index in [4.69, 9.17) is 5.73 Å². The van der Waals surface area contributed by atoms with Crippen molar-refractivity contribution in [1.29, 1.82) is 0 Å². The lowest BCUT2D eigenvalue weighted by atomic mass is 10.3. The number of nitrogen functional groups attached to an aromatic ring is 1. The molecular weight excluding hydrogens is 300 g/mol. The van der Waals surface area contributed by atoms with Gasteiger partial charge in [-0.1, -0.05) is 11.3 Å². The number of nitrogens with two attached hydrogens (primary N) is 1. The lowest BCUT2D eigenvalue weighted by Gasteiger charge is -2.12. The third-order valence-electron chi connectivity index (χ3n) is 2.58. The molecule has 0 saturated heterocycles. The fourth-order valence-electron chi connectivity index (χ4n) is 1.57. The number of anilines is 2. The maximum absolute atomic E-state index is 12.1. The van der Waals surface area contributed by atoms with E-state index in [2.05, 4.69) is 10.3 Å². The Morgan fingerprint density at radius 3 is 2.65 bits per heavy atom. The Morgan fingerprint density at radius 1 is 1.55 bits per heavy atom. The number of carbonyl (C=O) groups is 1. The number of aromatic nitrogens is 1. The minimum atomic E-state index is -3.14. The van der Waals surface area contributed by atoms with Gasteiger partial charge in [-0.05, 0) is 13.8 Å². The number of carbonyl (C=O) groups excluding carboxylic acids is 1. The van der Waals surface area contributed by atoms with Crippen molar-refractivity contribution in [3.63, 3.8) is 0 Å². The third-order valence-corrected chi connectivity index (χ3v) is 4.87. The fraction of sp³-hybridized carbons (Fsp3) is 0.636. The third kappa shape index (κ3) is 4.64. The van der Waals surface area contributed by atoms with Crippen molar-refractivity contribution < 1.29 is 13.2 Å². The van der Waals surface area contributed by atoms with E-state index in [1.807, 2.05) is 18.9 Å². The van der Waals surface area contributed by atoms with Crippen LogP contribution in [0.25, 0.3) is 0 Å². The van der Waals surface area contributed by atoms with E-state index < -0.39 is 21.8 Å². The van der Waals surface area contributed by atoms with Gasteiger partial charge < -0.3 is 16.0 Å². The Hall–Kier alpha value is -1.35. The van der Waals surface area contributed by atoms with Crippen LogP contribution in [0.2, 0.25) is 0 Å². The Kier molecular flexibility index (Phi) is 5.35. The van der Waals surface area contributed by atoms with Crippen LogP contribution >= 0.6 is 11.3 Å². The zero-order valence-corrected chi connectivity index (χ0v) is 13.6. The number of sulfone groups is 1. The van der Waals surface area contributed by atoms with Gasteiger partial charge in [-0.2, -0.15) is 0 Å². The summed E-state index contributed by atoms with van der Waals surface area (Å²) >= 11 is 1.19. The first-order valence-corrected chi connectivity index (χ1v) is 8.97. The van der Waals surface area contributed by atoms with Gasteiger partial charge in [0.05, 0.1) is 5.75 Å². The lowest BCUT2D eigenvalue weighted by molar-refractivity contribution is 0.0948. The molecule has 1 aromatic rings. The summed E-state index contributed by atoms with van der Waals surface area (Å²) in [6.07, 6.45) is 1.13. The molecule has 1 heterocycles. The van der Waals surface area contributed by atoms with E-state index in [-0.39, 0.29) is 11.6 Å². The molecule has 7 nitrogen and oxygen atoms in total. The SMILES string of the molecule is CCN(C)c1nc(N)c(C(=O)NC(C)CS(C)(=O)=O)s1. The van der Waals surface area contributed by atoms with Crippen molar-refractivity contribution in [3.05, 3.63) is 4.88 Å². The highest BCUT2D eigenvalue weighted by molar-refractivity contribution is 7.90. The zero-order valence-electron chi connectivity index (χ0n) is 12.0. The van der Waals surface area contributed by atoms with Gasteiger partial charge in [0.25, 0.3) is 5.91 Å². The largest absolute Gasteiger partial charge is 0.382 e. The normalized spacial score (nSPS) is 13.0. The first kappa shape index (κ1) is 16.7. The van der Waals surface area contributed by atoms with Crippen LogP contribution in [0.15, 0.2) is 0 Å². The van der Waals surface area contributed by atoms with E-state index >= 15 is 0 Å². The van der Waals surface area contributed by atoms with Crippen molar-refractivity contribution in [1.82, 2.24) is 10.3 Å². The van der Waals surface area contributed by atoms with Gasteiger partial charge in [0.15, 0.2) is 5.13 Å². The van der Waals surface area contributed by atoms with Gasteiger partial charge >= 0.3 is 0 Å². The molecule has 9 heteroatoms. The molecule has 0 aliphatic carbocycles. The summed E-state index contributed by atoms with van der Waals surface area (Å²) in [6.45, 7) is 4.35. The number of amides is 1. The standard InChI is InChI=1S/C11H20N4O3S2/c1-5-15(3)11-14-9(12)8(19-11)10(16)13-7(2)6-20(4,17)18/h7H,5-6,12H2,1-4H3,(H,13,16). The molecule has 1 rings (SSSR count). The molecule has 0 aliphatic rings. The van der Waals surface area contributed by atoms with Gasteiger partial charge in [0.1, 0.15) is 20.5 Å². The van der Waals surface area contributed by atoms with Crippen LogP contribution in [-0.2, 0) is 9.84 Å². The van der Waals surface area contributed by atoms with Crippen LogP contribution < -0.4 is 16.0 Å². The molecule has 3 N–H and O–H groups in total. The summed E-state index contributed by atoms with van der Waals surface area (Å²) in [5, 5.41) is 3.28. The molecule has 20 heavy (non-hydrogen) atoms. The Balaban J connectivity index is 2.80. The summed E-state index contributed by atoms with van der Waals surface area (Å²) in [5.41, 5.74) is 5.73. The second-order valence-corrected chi connectivity index (χ2v) is 7.85. The summed E-state index contributed by atoms with van der Waals surface area (Å²) < 4.78 is 22.3. The van der Waals surface area contributed by atoms with Crippen LogP contribution in [0.1, 0.15) is 23.5 Å². The van der Waals surface area contributed by atoms with Crippen LogP contribution in [0, 0.1) is 0 Å². The minimum Gasteiger partial charge on any atom is -0.382 e. The first-order valence-electron chi connectivity index (χ1n) is 6.10. The lowest BCUT2D eigenvalue weighted by Crippen LogP contribution is -2.37. The number of thiazole rings is 1. The summed E-state index contributed by atoms with van der Waals surface area (Å²) in [6, 6.07) is -0.480. The second kappa shape index (κ2) is 6.40. The Morgan fingerprint density at radius 2 is 2.15 bits per heavy atom. The van der Waals surface area contributed by atoms with Crippen LogP contribution in [0.3, 0.4) is 0 Å². The molecule has 1 amide bonds. The number of rotatable bonds is 6. The average molecular weight is 320 g/mol. The smallest absolute Gasteiger partial charge is 0.265 e. The van der Waals surface area contributed by atoms with Gasteiger partial charge in [0, 0.05) is 25.9 Å². The molecule has 0 fully saturated rings. The van der Waals surface area contributed by atoms with Crippen molar-refractivity contribution in [2.45, 2.75) is 19.9 Å². The van der Waals surface area contributed by atoms with E-state index in [0.29, 0.717) is 10.0 Å². The molecule has 0 aromatic carbocycles. The highest BCUT2D eigenvalue weighted by Crippen LogP contribution is 2.27. The first-order chi connectivity index (χ1) is 9.14. The monoisotopic (exact) mass is 320 g/mol. The predicted octanol–water partition coefficient (Wildman–Crippen LogP) is 0.344. The molecule has 1 atom stereocenters. The fourth-order valence-corrected chi connectivity index (χ4v) is 3.47. The molecule has 114 valence electrons. The highest BCUT2D eigenvalue weighted by Gasteiger charge is 2.20. The van der Waals surface area contributed by atoms with Gasteiger partial charge in [-0.15, -0.1) is 0 Å². The van der Waals surface area contributed by atoms with Crippen LogP contribution in [0.4, 0.5) is 10.9 Å². The van der Waals surface area contributed by atoms with E-state index in [9.17, 15) is 13.2 Å². The summed E-state index contributed by atoms with van der Waals surface area (Å²) in [7, 11) is -1.29. The van der Waals surface area contributed by atoms with E-state index in [1.165, 1.54) is 11.3 Å². The van der Waals surface area contributed by atoms with E-state index in [1.54, 1.807) is 6.92 Å². The zero-order chi connectivity index (χ0) is 15.5. The van der Waals surface area contributed by atoms with E-state index in [0.717, 1.165) is 12.8 Å². The predicted molar refractivity (Wildman–Crippen MR) is 82.1 cm³/mol. The van der Waals surface area contributed by atoms with Crippen molar-refractivity contribution in [2.75, 3.05) is 36.2 Å². The van der Waals surface area contributed by atoms with Gasteiger partial charge in [-0.25, -0.2) is 13.4 Å². The number of hydrogen-bond acceptors (Lipinski definition) is 7. The second-order valence-electron chi connectivity index (χ2n) is 4.69. The minimum absolute atomic E-state index is 0.112. The molecule has 0 saturated carbocycles. The molecular formula is C11H20N4O3S2. The summed E-state index contributed by atoms with van der Waals surface area (Å²) in [5.74, 6) is -0.347.